The predicted molar refractivity (Wildman–Crippen MR) is 98.6 cm³/mol. The van der Waals surface area contributed by atoms with E-state index in [1.807, 2.05) is 31.2 Å². The van der Waals surface area contributed by atoms with Crippen molar-refractivity contribution in [2.75, 3.05) is 14.2 Å². The van der Waals surface area contributed by atoms with Gasteiger partial charge in [0.05, 0.1) is 19.8 Å². The number of dihydropyridines is 1. The number of ether oxygens (including phenoxy) is 2. The fraction of sp³-hybridized carbons (Fsp3) is 0.429. The van der Waals surface area contributed by atoms with Crippen molar-refractivity contribution >= 4 is 11.8 Å². The molecule has 0 aromatic heterocycles. The van der Waals surface area contributed by atoms with Crippen molar-refractivity contribution in [3.63, 3.8) is 0 Å². The van der Waals surface area contributed by atoms with Gasteiger partial charge in [-0.2, -0.15) is 0 Å². The standard InChI is InChI=1S/C21H25NO4/c1-12-17(20(24)26-5)18(13-7-6-8-14(9-13)25-4)19-15(22-12)10-21(2,3)11-16(19)23/h6-9,18,22H,10-11H2,1-5H3/t18-/m0/s1. The number of ketones is 1. The molecule has 0 spiro atoms. The maximum Gasteiger partial charge on any atom is 0.336 e. The van der Waals surface area contributed by atoms with Crippen LogP contribution in [0, 0.1) is 5.41 Å². The molecule has 1 aliphatic heterocycles. The Hall–Kier alpha value is -2.56. The monoisotopic (exact) mass is 355 g/mol. The van der Waals surface area contributed by atoms with Crippen LogP contribution >= 0.6 is 0 Å². The Morgan fingerprint density at radius 1 is 1.23 bits per heavy atom. The largest absolute Gasteiger partial charge is 0.497 e. The van der Waals surface area contributed by atoms with Crippen LogP contribution in [0.2, 0.25) is 0 Å². The summed E-state index contributed by atoms with van der Waals surface area (Å²) < 4.78 is 10.4. The van der Waals surface area contributed by atoms with Gasteiger partial charge >= 0.3 is 5.97 Å². The average molecular weight is 355 g/mol. The molecule has 0 fully saturated rings. The maximum absolute atomic E-state index is 13.0. The van der Waals surface area contributed by atoms with Crippen molar-refractivity contribution < 1.29 is 19.1 Å². The van der Waals surface area contributed by atoms with Gasteiger partial charge < -0.3 is 14.8 Å². The van der Waals surface area contributed by atoms with Gasteiger partial charge in [-0.05, 0) is 36.5 Å². The molecule has 5 heteroatoms. The molecule has 0 bridgehead atoms. The number of allylic oxidation sites excluding steroid dienone is 3. The lowest BCUT2D eigenvalue weighted by molar-refractivity contribution is -0.136. The molecule has 26 heavy (non-hydrogen) atoms. The third-order valence-electron chi connectivity index (χ3n) is 5.07. The number of Topliss-reactive ketones (excluding diaryl/α,β-unsaturated/α-hetero) is 1. The van der Waals surface area contributed by atoms with E-state index in [2.05, 4.69) is 19.2 Å². The lowest BCUT2D eigenvalue weighted by atomic mass is 9.68. The number of benzene rings is 1. The van der Waals surface area contributed by atoms with E-state index >= 15 is 0 Å². The Morgan fingerprint density at radius 3 is 2.62 bits per heavy atom. The molecule has 1 N–H and O–H groups in total. The van der Waals surface area contributed by atoms with Gasteiger partial charge in [-0.25, -0.2) is 4.79 Å². The highest BCUT2D eigenvalue weighted by molar-refractivity contribution is 6.04. The topological polar surface area (TPSA) is 64.6 Å². The minimum atomic E-state index is -0.447. The van der Waals surface area contributed by atoms with E-state index in [4.69, 9.17) is 9.47 Å². The molecule has 2 aliphatic rings. The van der Waals surface area contributed by atoms with Gasteiger partial charge in [-0.3, -0.25) is 4.79 Å². The number of hydrogen-bond donors (Lipinski definition) is 1. The van der Waals surface area contributed by atoms with Crippen LogP contribution in [-0.2, 0) is 14.3 Å². The number of nitrogens with one attached hydrogen (secondary N) is 1. The van der Waals surface area contributed by atoms with E-state index in [1.54, 1.807) is 7.11 Å². The fourth-order valence-corrected chi connectivity index (χ4v) is 3.97. The van der Waals surface area contributed by atoms with Gasteiger partial charge in [0, 0.05) is 29.3 Å². The number of esters is 1. The van der Waals surface area contributed by atoms with Gasteiger partial charge in [0.1, 0.15) is 5.75 Å². The Kier molecular flexibility index (Phi) is 4.65. The van der Waals surface area contributed by atoms with Crippen LogP contribution in [0.3, 0.4) is 0 Å². The van der Waals surface area contributed by atoms with Crippen LogP contribution in [0.4, 0.5) is 0 Å². The fourth-order valence-electron chi connectivity index (χ4n) is 3.97. The van der Waals surface area contributed by atoms with Gasteiger partial charge in [0.25, 0.3) is 0 Å². The molecule has 1 aromatic carbocycles. The summed E-state index contributed by atoms with van der Waals surface area (Å²) in [4.78, 5) is 25.6. The van der Waals surface area contributed by atoms with Crippen LogP contribution in [-0.4, -0.2) is 26.0 Å². The second-order valence-electron chi connectivity index (χ2n) is 7.70. The molecule has 1 aliphatic carbocycles. The summed E-state index contributed by atoms with van der Waals surface area (Å²) in [6.45, 7) is 6.03. The highest BCUT2D eigenvalue weighted by atomic mass is 16.5. The first-order chi connectivity index (χ1) is 12.3. The van der Waals surface area contributed by atoms with Crippen LogP contribution in [0.15, 0.2) is 46.8 Å². The second kappa shape index (κ2) is 6.63. The summed E-state index contributed by atoms with van der Waals surface area (Å²) in [6.07, 6.45) is 1.22. The van der Waals surface area contributed by atoms with Crippen molar-refractivity contribution in [1.29, 1.82) is 0 Å². The third kappa shape index (κ3) is 3.14. The van der Waals surface area contributed by atoms with E-state index in [0.717, 1.165) is 23.4 Å². The van der Waals surface area contributed by atoms with Crippen molar-refractivity contribution in [2.24, 2.45) is 5.41 Å². The van der Waals surface area contributed by atoms with E-state index < -0.39 is 11.9 Å². The zero-order valence-electron chi connectivity index (χ0n) is 15.9. The molecule has 0 saturated carbocycles. The number of hydrogen-bond acceptors (Lipinski definition) is 5. The zero-order valence-corrected chi connectivity index (χ0v) is 15.9. The second-order valence-corrected chi connectivity index (χ2v) is 7.70. The first-order valence-electron chi connectivity index (χ1n) is 8.73. The SMILES string of the molecule is COC(=O)C1=C(C)NC2=C(C(=O)CC(C)(C)C2)[C@H]1c1cccc(OC)c1. The third-order valence-corrected chi connectivity index (χ3v) is 5.07. The van der Waals surface area contributed by atoms with Crippen molar-refractivity contribution in [1.82, 2.24) is 5.32 Å². The summed E-state index contributed by atoms with van der Waals surface area (Å²) >= 11 is 0. The summed E-state index contributed by atoms with van der Waals surface area (Å²) in [5.41, 5.74) is 3.53. The van der Waals surface area contributed by atoms with E-state index in [9.17, 15) is 9.59 Å². The molecular weight excluding hydrogens is 330 g/mol. The molecule has 0 amide bonds. The molecule has 0 radical (unpaired) electrons. The normalized spacial score (nSPS) is 21.9. The molecule has 1 atom stereocenters. The molecule has 1 heterocycles. The summed E-state index contributed by atoms with van der Waals surface area (Å²) in [5.74, 6) is -0.108. The molecule has 0 unspecified atom stereocenters. The maximum atomic E-state index is 13.0. The Bertz CT molecular complexity index is 832. The summed E-state index contributed by atoms with van der Waals surface area (Å²) in [7, 11) is 2.96. The first kappa shape index (κ1) is 18.2. The summed E-state index contributed by atoms with van der Waals surface area (Å²) in [5, 5.41) is 3.30. The molecular formula is C21H25NO4. The van der Waals surface area contributed by atoms with Crippen LogP contribution in [0.1, 0.15) is 45.1 Å². The lowest BCUT2D eigenvalue weighted by Gasteiger charge is -2.39. The quantitative estimate of drug-likeness (QED) is 0.841. The average Bonchev–Trinajstić information content (AvgIpc) is 2.58. The van der Waals surface area contributed by atoms with E-state index in [-0.39, 0.29) is 11.2 Å². The molecule has 3 rings (SSSR count). The molecule has 138 valence electrons. The number of rotatable bonds is 3. The van der Waals surface area contributed by atoms with Crippen molar-refractivity contribution in [3.8, 4) is 5.75 Å². The van der Waals surface area contributed by atoms with Gasteiger partial charge in [-0.1, -0.05) is 26.0 Å². The Balaban J connectivity index is 2.21. The van der Waals surface area contributed by atoms with Crippen LogP contribution in [0.5, 0.6) is 5.75 Å². The number of carbonyl (C=O) groups excluding carboxylic acids is 2. The molecule has 1 aromatic rings. The number of carbonyl (C=O) groups is 2. The minimum Gasteiger partial charge on any atom is -0.497 e. The van der Waals surface area contributed by atoms with Crippen LogP contribution < -0.4 is 10.1 Å². The summed E-state index contributed by atoms with van der Waals surface area (Å²) in [6, 6.07) is 7.52. The van der Waals surface area contributed by atoms with E-state index in [0.29, 0.717) is 23.3 Å². The van der Waals surface area contributed by atoms with Gasteiger partial charge in [-0.15, -0.1) is 0 Å². The number of methoxy groups -OCH3 is 2. The van der Waals surface area contributed by atoms with Crippen LogP contribution in [0.25, 0.3) is 0 Å². The highest BCUT2D eigenvalue weighted by Gasteiger charge is 2.43. The zero-order chi connectivity index (χ0) is 19.1. The first-order valence-corrected chi connectivity index (χ1v) is 8.73. The Morgan fingerprint density at radius 2 is 1.96 bits per heavy atom. The van der Waals surface area contributed by atoms with Crippen molar-refractivity contribution in [3.05, 3.63) is 52.4 Å². The molecule has 5 nitrogen and oxygen atoms in total. The van der Waals surface area contributed by atoms with Gasteiger partial charge in [0.15, 0.2) is 5.78 Å². The smallest absolute Gasteiger partial charge is 0.336 e. The minimum absolute atomic E-state index is 0.0745. The predicted octanol–water partition coefficient (Wildman–Crippen LogP) is 3.47. The molecule has 0 saturated heterocycles. The van der Waals surface area contributed by atoms with Gasteiger partial charge in [0.2, 0.25) is 0 Å². The highest BCUT2D eigenvalue weighted by Crippen LogP contribution is 2.47. The lowest BCUT2D eigenvalue weighted by Crippen LogP contribution is -2.38. The Labute approximate surface area is 154 Å². The van der Waals surface area contributed by atoms with E-state index in [1.165, 1.54) is 7.11 Å². The van der Waals surface area contributed by atoms with Crippen molar-refractivity contribution in [2.45, 2.75) is 39.5 Å².